The number of para-hydroxylation sites is 2. The second kappa shape index (κ2) is 13.9. The lowest BCUT2D eigenvalue weighted by atomic mass is 9.70. The summed E-state index contributed by atoms with van der Waals surface area (Å²) in [4.78, 5) is 2.45. The monoisotopic (exact) mass is 801 g/mol. The lowest BCUT2D eigenvalue weighted by Gasteiger charge is -2.33. The van der Waals surface area contributed by atoms with Crippen LogP contribution in [-0.2, 0) is 5.41 Å². The normalized spacial score (nSPS) is 12.9. The highest BCUT2D eigenvalue weighted by Gasteiger charge is 2.51. The number of fused-ring (bicyclic) bond motifs is 13. The van der Waals surface area contributed by atoms with E-state index in [2.05, 4.69) is 235 Å². The van der Waals surface area contributed by atoms with Crippen LogP contribution in [0.5, 0.6) is 0 Å². The summed E-state index contributed by atoms with van der Waals surface area (Å²) >= 11 is 0. The van der Waals surface area contributed by atoms with Gasteiger partial charge in [-0.3, -0.25) is 0 Å². The molecule has 2 heteroatoms. The number of anilines is 3. The minimum Gasteiger partial charge on any atom is -0.456 e. The second-order valence-corrected chi connectivity index (χ2v) is 16.7. The molecule has 0 bridgehead atoms. The molecular formula is C61H39NO. The molecule has 11 aromatic rings. The van der Waals surface area contributed by atoms with Gasteiger partial charge in [-0.2, -0.15) is 0 Å². The first kappa shape index (κ1) is 35.5. The highest BCUT2D eigenvalue weighted by molar-refractivity contribution is 6.07. The zero-order valence-electron chi connectivity index (χ0n) is 34.4. The highest BCUT2D eigenvalue weighted by atomic mass is 16.3. The molecule has 0 fully saturated rings. The predicted octanol–water partition coefficient (Wildman–Crippen LogP) is 16.4. The molecule has 0 radical (unpaired) electrons. The summed E-state index contributed by atoms with van der Waals surface area (Å²) in [6, 6.07) is 86.5. The van der Waals surface area contributed by atoms with Crippen LogP contribution in [-0.4, -0.2) is 0 Å². The summed E-state index contributed by atoms with van der Waals surface area (Å²) in [5, 5.41) is 2.22. The SMILES string of the molecule is c1ccc(-c2ccccc2-c2ccccc2-c2ccccc2N(c2ccc3c(c2)C2(c4ccccc4-c4ccccc42)c2ccccc2-3)c2ccc3c(c2)oc2ccccc23)cc1. The Hall–Kier alpha value is -8.20. The van der Waals surface area contributed by atoms with Crippen LogP contribution in [0.15, 0.2) is 241 Å². The molecular weight excluding hydrogens is 763 g/mol. The van der Waals surface area contributed by atoms with E-state index in [1.54, 1.807) is 0 Å². The molecule has 0 N–H and O–H groups in total. The third kappa shape index (κ3) is 5.19. The Morgan fingerprint density at radius 2 is 0.730 bits per heavy atom. The van der Waals surface area contributed by atoms with Gasteiger partial charge in [0.1, 0.15) is 11.2 Å². The number of benzene rings is 10. The number of furan rings is 1. The first-order chi connectivity index (χ1) is 31.3. The molecule has 294 valence electrons. The van der Waals surface area contributed by atoms with E-state index in [0.717, 1.165) is 50.1 Å². The van der Waals surface area contributed by atoms with Crippen molar-refractivity contribution in [3.63, 3.8) is 0 Å². The van der Waals surface area contributed by atoms with Gasteiger partial charge in [0.2, 0.25) is 0 Å². The molecule has 2 nitrogen and oxygen atoms in total. The molecule has 0 unspecified atom stereocenters. The summed E-state index contributed by atoms with van der Waals surface area (Å²) in [5.74, 6) is 0. The summed E-state index contributed by atoms with van der Waals surface area (Å²) in [7, 11) is 0. The standard InChI is InChI=1S/C61H39NO/c1-2-18-40(19-3-1)43-20-4-5-21-44(43)45-22-6-7-23-46(45)51-27-11-16-32-58(51)62(42-35-37-53-52-28-12-17-33-59(52)63-60(53)39-42)41-34-36-50-49-26-10-15-31-56(49)61(57(50)38-41)54-29-13-8-24-47(54)48-25-9-14-30-55(48)61/h1-39H. The fraction of sp³-hybridized carbons (Fsp3) is 0.0164. The molecule has 63 heavy (non-hydrogen) atoms. The number of hydrogen-bond acceptors (Lipinski definition) is 2. The van der Waals surface area contributed by atoms with Crippen LogP contribution < -0.4 is 4.90 Å². The van der Waals surface area contributed by atoms with Crippen molar-refractivity contribution in [3.8, 4) is 55.6 Å². The topological polar surface area (TPSA) is 16.4 Å². The Morgan fingerprint density at radius 1 is 0.286 bits per heavy atom. The minimum atomic E-state index is -0.475. The van der Waals surface area contributed by atoms with Crippen LogP contribution in [0.25, 0.3) is 77.6 Å². The van der Waals surface area contributed by atoms with Crippen molar-refractivity contribution in [1.29, 1.82) is 0 Å². The Kier molecular flexibility index (Phi) is 7.85. The van der Waals surface area contributed by atoms with Gasteiger partial charge in [0.15, 0.2) is 0 Å². The predicted molar refractivity (Wildman–Crippen MR) is 261 cm³/mol. The minimum absolute atomic E-state index is 0.475. The van der Waals surface area contributed by atoms with E-state index < -0.39 is 5.41 Å². The van der Waals surface area contributed by atoms with Gasteiger partial charge < -0.3 is 9.32 Å². The Morgan fingerprint density at radius 3 is 1.40 bits per heavy atom. The van der Waals surface area contributed by atoms with Crippen molar-refractivity contribution in [2.45, 2.75) is 5.41 Å². The number of rotatable bonds is 6. The van der Waals surface area contributed by atoms with E-state index in [1.165, 1.54) is 66.8 Å². The molecule has 10 aromatic carbocycles. The van der Waals surface area contributed by atoms with Crippen molar-refractivity contribution in [2.24, 2.45) is 0 Å². The summed E-state index contributed by atoms with van der Waals surface area (Å²) in [6.45, 7) is 0. The van der Waals surface area contributed by atoms with Gasteiger partial charge in [-0.25, -0.2) is 0 Å². The summed E-state index contributed by atoms with van der Waals surface area (Å²) in [6.07, 6.45) is 0. The van der Waals surface area contributed by atoms with Crippen molar-refractivity contribution in [2.75, 3.05) is 4.90 Å². The van der Waals surface area contributed by atoms with Gasteiger partial charge in [0, 0.05) is 33.8 Å². The van der Waals surface area contributed by atoms with E-state index in [9.17, 15) is 0 Å². The molecule has 2 aliphatic carbocycles. The largest absolute Gasteiger partial charge is 0.456 e. The molecule has 2 aliphatic rings. The zero-order chi connectivity index (χ0) is 41.5. The van der Waals surface area contributed by atoms with E-state index >= 15 is 0 Å². The Labute approximate surface area is 366 Å². The first-order valence-electron chi connectivity index (χ1n) is 21.8. The fourth-order valence-corrected chi connectivity index (χ4v) is 10.9. The molecule has 0 saturated heterocycles. The van der Waals surface area contributed by atoms with Crippen LogP contribution in [0.3, 0.4) is 0 Å². The van der Waals surface area contributed by atoms with Crippen molar-refractivity contribution < 1.29 is 4.42 Å². The molecule has 0 aliphatic heterocycles. The maximum Gasteiger partial charge on any atom is 0.137 e. The van der Waals surface area contributed by atoms with Crippen LogP contribution in [0.1, 0.15) is 22.3 Å². The lowest BCUT2D eigenvalue weighted by Crippen LogP contribution is -2.26. The molecule has 1 spiro atoms. The first-order valence-corrected chi connectivity index (χ1v) is 21.8. The lowest BCUT2D eigenvalue weighted by molar-refractivity contribution is 0.669. The quantitative estimate of drug-likeness (QED) is 0.167. The maximum atomic E-state index is 6.61. The molecule has 0 saturated carbocycles. The van der Waals surface area contributed by atoms with E-state index in [0.29, 0.717) is 0 Å². The van der Waals surface area contributed by atoms with E-state index in [-0.39, 0.29) is 0 Å². The third-order valence-corrected chi connectivity index (χ3v) is 13.5. The van der Waals surface area contributed by atoms with Crippen LogP contribution >= 0.6 is 0 Å². The van der Waals surface area contributed by atoms with Gasteiger partial charge in [-0.15, -0.1) is 0 Å². The zero-order valence-corrected chi connectivity index (χ0v) is 34.4. The van der Waals surface area contributed by atoms with Crippen molar-refractivity contribution in [3.05, 3.63) is 259 Å². The van der Waals surface area contributed by atoms with Crippen molar-refractivity contribution >= 4 is 39.0 Å². The second-order valence-electron chi connectivity index (χ2n) is 16.7. The molecule has 1 heterocycles. The average Bonchev–Trinajstić information content (AvgIpc) is 3.98. The number of nitrogens with zero attached hydrogens (tertiary/aromatic N) is 1. The number of hydrogen-bond donors (Lipinski definition) is 0. The maximum absolute atomic E-state index is 6.61. The van der Waals surface area contributed by atoms with Crippen LogP contribution in [0, 0.1) is 0 Å². The third-order valence-electron chi connectivity index (χ3n) is 13.5. The highest BCUT2D eigenvalue weighted by Crippen LogP contribution is 2.63. The van der Waals surface area contributed by atoms with Gasteiger partial charge >= 0.3 is 0 Å². The van der Waals surface area contributed by atoms with Crippen LogP contribution in [0.4, 0.5) is 17.1 Å². The molecule has 13 rings (SSSR count). The van der Waals surface area contributed by atoms with Gasteiger partial charge in [-0.05, 0) is 109 Å². The van der Waals surface area contributed by atoms with Crippen molar-refractivity contribution in [1.82, 2.24) is 0 Å². The summed E-state index contributed by atoms with van der Waals surface area (Å²) in [5.41, 5.74) is 21.9. The fourth-order valence-electron chi connectivity index (χ4n) is 10.9. The summed E-state index contributed by atoms with van der Waals surface area (Å²) < 4.78 is 6.61. The Bertz CT molecular complexity index is 3530. The van der Waals surface area contributed by atoms with Crippen LogP contribution in [0.2, 0.25) is 0 Å². The Balaban J connectivity index is 1.08. The average molecular weight is 802 g/mol. The van der Waals surface area contributed by atoms with Gasteiger partial charge in [0.05, 0.1) is 11.1 Å². The molecule has 1 aromatic heterocycles. The van der Waals surface area contributed by atoms with Gasteiger partial charge in [-0.1, -0.05) is 194 Å². The van der Waals surface area contributed by atoms with Gasteiger partial charge in [0.25, 0.3) is 0 Å². The molecule has 0 atom stereocenters. The van der Waals surface area contributed by atoms with E-state index in [4.69, 9.17) is 4.42 Å². The molecule has 0 amide bonds. The van der Waals surface area contributed by atoms with E-state index in [1.807, 2.05) is 6.07 Å². The smallest absolute Gasteiger partial charge is 0.137 e.